The molecule has 1 fully saturated rings. The molecule has 2 aromatic carbocycles. The predicted octanol–water partition coefficient (Wildman–Crippen LogP) is 3.34. The number of hydrogen-bond donors (Lipinski definition) is 1. The van der Waals surface area contributed by atoms with Crippen molar-refractivity contribution in [3.8, 4) is 17.5 Å². The number of nitrogens with zero attached hydrogens (tertiary/aromatic N) is 6. The summed E-state index contributed by atoms with van der Waals surface area (Å²) in [5.41, 5.74) is 7.42. The summed E-state index contributed by atoms with van der Waals surface area (Å²) in [6, 6.07) is 15.3. The van der Waals surface area contributed by atoms with Crippen molar-refractivity contribution < 1.29 is 4.39 Å². The molecular formula is C31H30FN7O2. The molecule has 4 heterocycles. The number of aryl methyl sites for hydroxylation is 1. The van der Waals surface area contributed by atoms with Crippen LogP contribution in [0.4, 0.5) is 10.3 Å². The smallest absolute Gasteiger partial charge is 0.337 e. The zero-order valence-corrected chi connectivity index (χ0v) is 23.0. The van der Waals surface area contributed by atoms with Gasteiger partial charge in [0.05, 0.1) is 24.5 Å². The largest absolute Gasteiger partial charge is 0.341 e. The van der Waals surface area contributed by atoms with E-state index in [1.165, 1.54) is 33.4 Å². The predicted molar refractivity (Wildman–Crippen MR) is 158 cm³/mol. The maximum absolute atomic E-state index is 14.3. The third-order valence-electron chi connectivity index (χ3n) is 7.51. The summed E-state index contributed by atoms with van der Waals surface area (Å²) < 4.78 is 18.2. The molecule has 0 saturated carbocycles. The summed E-state index contributed by atoms with van der Waals surface area (Å²) in [5.74, 6) is 6.06. The molecule has 2 N–H and O–H groups in total. The normalized spacial score (nSPS) is 15.3. The van der Waals surface area contributed by atoms with Gasteiger partial charge in [-0.05, 0) is 62.4 Å². The highest BCUT2D eigenvalue weighted by atomic mass is 19.1. The van der Waals surface area contributed by atoms with Crippen LogP contribution in [0.2, 0.25) is 0 Å². The van der Waals surface area contributed by atoms with Gasteiger partial charge >= 0.3 is 5.69 Å². The van der Waals surface area contributed by atoms with E-state index >= 15 is 0 Å². The van der Waals surface area contributed by atoms with Crippen LogP contribution in [0, 0.1) is 24.6 Å². The molecule has 5 aromatic rings. The number of aromatic nitrogens is 5. The molecule has 1 atom stereocenters. The Bertz CT molecular complexity index is 1960. The van der Waals surface area contributed by atoms with Gasteiger partial charge in [-0.1, -0.05) is 30.2 Å². The topological polar surface area (TPSA) is 104 Å². The van der Waals surface area contributed by atoms with E-state index in [9.17, 15) is 14.0 Å². The average molecular weight is 552 g/mol. The molecule has 1 aliphatic rings. The first-order valence-corrected chi connectivity index (χ1v) is 13.6. The molecule has 0 radical (unpaired) electrons. The third-order valence-corrected chi connectivity index (χ3v) is 7.51. The highest BCUT2D eigenvalue weighted by molar-refractivity contribution is 5.85. The van der Waals surface area contributed by atoms with Gasteiger partial charge in [0.15, 0.2) is 11.2 Å². The molecule has 0 bridgehead atoms. The third kappa shape index (κ3) is 4.78. The average Bonchev–Trinajstić information content (AvgIpc) is 3.34. The van der Waals surface area contributed by atoms with Gasteiger partial charge in [-0.15, -0.1) is 5.92 Å². The molecule has 3 aromatic heterocycles. The Hall–Kier alpha value is -4.75. The zero-order chi connectivity index (χ0) is 28.7. The maximum Gasteiger partial charge on any atom is 0.337 e. The summed E-state index contributed by atoms with van der Waals surface area (Å²) in [5, 5.41) is 1.82. The van der Waals surface area contributed by atoms with Crippen molar-refractivity contribution in [3.63, 3.8) is 0 Å². The van der Waals surface area contributed by atoms with E-state index in [0.717, 1.165) is 29.3 Å². The number of hydrogen-bond acceptors (Lipinski definition) is 6. The molecule has 208 valence electrons. The first-order valence-electron chi connectivity index (χ1n) is 13.6. The van der Waals surface area contributed by atoms with Gasteiger partial charge in [0, 0.05) is 30.2 Å². The van der Waals surface area contributed by atoms with Crippen molar-refractivity contribution in [2.75, 3.05) is 18.0 Å². The van der Waals surface area contributed by atoms with Crippen molar-refractivity contribution in [1.82, 2.24) is 23.7 Å². The van der Waals surface area contributed by atoms with Crippen LogP contribution < -0.4 is 21.9 Å². The molecule has 41 heavy (non-hydrogen) atoms. The molecule has 0 aliphatic carbocycles. The van der Waals surface area contributed by atoms with E-state index in [0.29, 0.717) is 30.4 Å². The van der Waals surface area contributed by atoms with E-state index in [4.69, 9.17) is 15.7 Å². The summed E-state index contributed by atoms with van der Waals surface area (Å²) in [7, 11) is 0. The van der Waals surface area contributed by atoms with Gasteiger partial charge < -0.3 is 10.6 Å². The highest BCUT2D eigenvalue weighted by Crippen LogP contribution is 2.25. The van der Waals surface area contributed by atoms with Crippen LogP contribution >= 0.6 is 0 Å². The Morgan fingerprint density at radius 2 is 1.85 bits per heavy atom. The molecule has 9 nitrogen and oxygen atoms in total. The molecular weight excluding hydrogens is 521 g/mol. The van der Waals surface area contributed by atoms with E-state index < -0.39 is 17.1 Å². The number of pyridine rings is 1. The fourth-order valence-electron chi connectivity index (χ4n) is 5.61. The second kappa shape index (κ2) is 10.7. The minimum Gasteiger partial charge on any atom is -0.341 e. The molecule has 1 aliphatic heterocycles. The lowest BCUT2D eigenvalue weighted by Crippen LogP contribution is -2.44. The second-order valence-electron chi connectivity index (χ2n) is 10.4. The van der Waals surface area contributed by atoms with Gasteiger partial charge in [0.2, 0.25) is 5.95 Å². The van der Waals surface area contributed by atoms with Crippen LogP contribution in [-0.4, -0.2) is 42.8 Å². The number of nitrogens with two attached hydrogens (primary N) is 1. The minimum atomic E-state index is -0.588. The number of fused-ring (bicyclic) bond motifs is 2. The SMILES string of the molecule is CC#CCn1c(N2CCCC(N)C2)nc2c1c(=O)n(Cc1nc(C)cc3ccccc13)c(=O)n2-c1ccc(F)cc1. The van der Waals surface area contributed by atoms with Crippen LogP contribution in [0.25, 0.3) is 27.6 Å². The second-order valence-corrected chi connectivity index (χ2v) is 10.4. The fraction of sp³-hybridized carbons (Fsp3) is 0.290. The summed E-state index contributed by atoms with van der Waals surface area (Å²) >= 11 is 0. The first-order chi connectivity index (χ1) is 19.9. The number of piperidine rings is 1. The molecule has 1 saturated heterocycles. The van der Waals surface area contributed by atoms with E-state index in [1.54, 1.807) is 11.5 Å². The van der Waals surface area contributed by atoms with Crippen LogP contribution in [-0.2, 0) is 13.1 Å². The summed E-state index contributed by atoms with van der Waals surface area (Å²) in [6.45, 7) is 5.05. The van der Waals surface area contributed by atoms with Gasteiger partial charge in [-0.25, -0.2) is 13.8 Å². The van der Waals surface area contributed by atoms with Crippen LogP contribution in [0.15, 0.2) is 64.2 Å². The van der Waals surface area contributed by atoms with Crippen molar-refractivity contribution in [1.29, 1.82) is 0 Å². The number of benzene rings is 2. The Balaban J connectivity index is 1.67. The van der Waals surface area contributed by atoms with Gasteiger partial charge in [-0.2, -0.15) is 4.98 Å². The minimum absolute atomic E-state index is 0.0362. The van der Waals surface area contributed by atoms with E-state index in [-0.39, 0.29) is 30.3 Å². The summed E-state index contributed by atoms with van der Waals surface area (Å²) in [4.78, 5) is 40.1. The van der Waals surface area contributed by atoms with Crippen molar-refractivity contribution in [3.05, 3.63) is 92.6 Å². The number of anilines is 1. The monoisotopic (exact) mass is 551 g/mol. The Labute approximate surface area is 235 Å². The van der Waals surface area contributed by atoms with Crippen molar-refractivity contribution in [2.45, 2.75) is 45.8 Å². The lowest BCUT2D eigenvalue weighted by atomic mass is 10.1. The highest BCUT2D eigenvalue weighted by Gasteiger charge is 2.27. The number of halogens is 1. The van der Waals surface area contributed by atoms with E-state index in [1.807, 2.05) is 42.2 Å². The standard InChI is InChI=1S/C31H30FN7O2/c1-3-4-16-37-27-28(35-30(37)36-15-7-9-23(33)18-36)39(24-13-11-22(32)12-14-24)31(41)38(29(27)40)19-26-25-10-6-5-8-21(25)17-20(2)34-26/h5-6,8,10-14,17,23H,7,9,15-16,18-19,33H2,1-2H3. The maximum atomic E-state index is 14.3. The van der Waals surface area contributed by atoms with Crippen molar-refractivity contribution in [2.24, 2.45) is 5.73 Å². The first kappa shape index (κ1) is 26.5. The van der Waals surface area contributed by atoms with Gasteiger partial charge in [-0.3, -0.25) is 18.9 Å². The van der Waals surface area contributed by atoms with Gasteiger partial charge in [0.25, 0.3) is 5.56 Å². The zero-order valence-electron chi connectivity index (χ0n) is 23.0. The molecule has 0 amide bonds. The van der Waals surface area contributed by atoms with E-state index in [2.05, 4.69) is 11.8 Å². The van der Waals surface area contributed by atoms with Crippen LogP contribution in [0.1, 0.15) is 31.2 Å². The summed E-state index contributed by atoms with van der Waals surface area (Å²) in [6.07, 6.45) is 1.78. The lowest BCUT2D eigenvalue weighted by Gasteiger charge is -2.31. The number of rotatable bonds is 5. The molecule has 0 spiro atoms. The fourth-order valence-corrected chi connectivity index (χ4v) is 5.61. The number of imidazole rings is 1. The molecule has 1 unspecified atom stereocenters. The molecule has 6 rings (SSSR count). The van der Waals surface area contributed by atoms with Gasteiger partial charge in [0.1, 0.15) is 5.82 Å². The molecule has 10 heteroatoms. The lowest BCUT2D eigenvalue weighted by molar-refractivity contribution is 0.496. The van der Waals surface area contributed by atoms with Crippen LogP contribution in [0.5, 0.6) is 0 Å². The van der Waals surface area contributed by atoms with Crippen LogP contribution in [0.3, 0.4) is 0 Å². The quantitative estimate of drug-likeness (QED) is 0.336. The van der Waals surface area contributed by atoms with Crippen molar-refractivity contribution >= 4 is 27.9 Å². The Morgan fingerprint density at radius 3 is 2.61 bits per heavy atom. The Morgan fingerprint density at radius 1 is 1.07 bits per heavy atom. The Kier molecular flexibility index (Phi) is 6.89.